The van der Waals surface area contributed by atoms with Gasteiger partial charge in [0.1, 0.15) is 0 Å². The highest BCUT2D eigenvalue weighted by Gasteiger charge is 2.13. The maximum absolute atomic E-state index is 13.6. The summed E-state index contributed by atoms with van der Waals surface area (Å²) in [6.45, 7) is 3.22. The zero-order valence-electron chi connectivity index (χ0n) is 12.9. The fourth-order valence-corrected chi connectivity index (χ4v) is 3.16. The first-order chi connectivity index (χ1) is 11.0. The van der Waals surface area contributed by atoms with Crippen molar-refractivity contribution in [1.82, 2.24) is 10.2 Å². The van der Waals surface area contributed by atoms with E-state index in [4.69, 9.17) is 16.3 Å². The van der Waals surface area contributed by atoms with E-state index in [1.165, 1.54) is 24.5 Å². The molecular formula is C16H18ClFN2O2S. The van der Waals surface area contributed by atoms with Crippen LogP contribution in [0.15, 0.2) is 30.3 Å². The minimum absolute atomic E-state index is 0.185. The molecule has 1 N–H and O–H groups in total. The molecule has 0 saturated heterocycles. The number of nitrogens with zero attached hydrogens (tertiary/aromatic N) is 1. The van der Waals surface area contributed by atoms with Gasteiger partial charge in [-0.1, -0.05) is 17.7 Å². The molecule has 4 nitrogen and oxygen atoms in total. The summed E-state index contributed by atoms with van der Waals surface area (Å²) < 4.78 is 19.2. The topological polar surface area (TPSA) is 41.6 Å². The molecule has 1 aromatic carbocycles. The maximum Gasteiger partial charge on any atom is 0.317 e. The van der Waals surface area contributed by atoms with Gasteiger partial charge in [-0.15, -0.1) is 11.3 Å². The summed E-state index contributed by atoms with van der Waals surface area (Å²) in [7, 11) is 1.41. The van der Waals surface area contributed by atoms with Gasteiger partial charge in [-0.25, -0.2) is 9.18 Å². The average Bonchev–Trinajstić information content (AvgIpc) is 2.95. The van der Waals surface area contributed by atoms with Gasteiger partial charge in [-0.2, -0.15) is 0 Å². The van der Waals surface area contributed by atoms with Gasteiger partial charge >= 0.3 is 6.03 Å². The molecule has 0 aliphatic rings. The molecule has 0 bridgehead atoms. The molecule has 0 radical (unpaired) electrons. The zero-order chi connectivity index (χ0) is 16.8. The number of urea groups is 1. The first kappa shape index (κ1) is 17.6. The van der Waals surface area contributed by atoms with Crippen LogP contribution in [0.4, 0.5) is 9.18 Å². The summed E-state index contributed by atoms with van der Waals surface area (Å²) in [6.07, 6.45) is 0. The SMILES string of the molecule is CCN(Cc1ccc(Cl)s1)C(=O)NCc1ccc(OC)c(F)c1. The summed E-state index contributed by atoms with van der Waals surface area (Å²) in [4.78, 5) is 14.9. The summed E-state index contributed by atoms with van der Waals surface area (Å²) >= 11 is 7.35. The van der Waals surface area contributed by atoms with Crippen LogP contribution in [0.3, 0.4) is 0 Å². The quantitative estimate of drug-likeness (QED) is 0.839. The lowest BCUT2D eigenvalue weighted by molar-refractivity contribution is 0.198. The van der Waals surface area contributed by atoms with E-state index < -0.39 is 5.82 Å². The van der Waals surface area contributed by atoms with Crippen LogP contribution in [0.1, 0.15) is 17.4 Å². The number of carbonyl (C=O) groups is 1. The molecule has 1 aromatic heterocycles. The maximum atomic E-state index is 13.6. The van der Waals surface area contributed by atoms with Crippen LogP contribution in [-0.2, 0) is 13.1 Å². The molecule has 0 saturated carbocycles. The van der Waals surface area contributed by atoms with Crippen molar-refractivity contribution < 1.29 is 13.9 Å². The number of benzene rings is 1. The van der Waals surface area contributed by atoms with E-state index in [9.17, 15) is 9.18 Å². The van der Waals surface area contributed by atoms with Gasteiger partial charge in [-0.05, 0) is 36.8 Å². The Morgan fingerprint density at radius 1 is 1.39 bits per heavy atom. The average molecular weight is 357 g/mol. The Balaban J connectivity index is 1.93. The second-order valence-electron chi connectivity index (χ2n) is 4.85. The van der Waals surface area contributed by atoms with Crippen LogP contribution in [0.5, 0.6) is 5.75 Å². The Kier molecular flexibility index (Phi) is 6.24. The summed E-state index contributed by atoms with van der Waals surface area (Å²) in [6, 6.07) is 8.14. The first-order valence-electron chi connectivity index (χ1n) is 7.13. The van der Waals surface area contributed by atoms with Gasteiger partial charge in [0.15, 0.2) is 11.6 Å². The van der Waals surface area contributed by atoms with Crippen molar-refractivity contribution in [2.45, 2.75) is 20.0 Å². The molecule has 2 aromatic rings. The van der Waals surface area contributed by atoms with Crippen molar-refractivity contribution in [3.05, 3.63) is 50.9 Å². The van der Waals surface area contributed by atoms with Crippen molar-refractivity contribution in [2.24, 2.45) is 0 Å². The predicted octanol–water partition coefficient (Wildman–Crippen LogP) is 4.28. The normalized spacial score (nSPS) is 10.4. The Morgan fingerprint density at radius 2 is 2.17 bits per heavy atom. The molecule has 0 fully saturated rings. The number of nitrogens with one attached hydrogen (secondary N) is 1. The van der Waals surface area contributed by atoms with Crippen LogP contribution in [0, 0.1) is 5.82 Å². The summed E-state index contributed by atoms with van der Waals surface area (Å²) in [5.41, 5.74) is 0.673. The Labute approximate surface area is 143 Å². The van der Waals surface area contributed by atoms with Gasteiger partial charge in [-0.3, -0.25) is 0 Å². The number of hydrogen-bond acceptors (Lipinski definition) is 3. The van der Waals surface area contributed by atoms with Gasteiger partial charge < -0.3 is 15.0 Å². The number of ether oxygens (including phenoxy) is 1. The van der Waals surface area contributed by atoms with Crippen LogP contribution in [0.25, 0.3) is 0 Å². The molecule has 2 amide bonds. The zero-order valence-corrected chi connectivity index (χ0v) is 14.5. The highest BCUT2D eigenvalue weighted by atomic mass is 35.5. The molecule has 23 heavy (non-hydrogen) atoms. The van der Waals surface area contributed by atoms with E-state index in [0.29, 0.717) is 23.0 Å². The molecule has 0 aliphatic carbocycles. The third-order valence-corrected chi connectivity index (χ3v) is 4.52. The first-order valence-corrected chi connectivity index (χ1v) is 8.32. The molecule has 7 heteroatoms. The second kappa shape index (κ2) is 8.17. The third-order valence-electron chi connectivity index (χ3n) is 3.30. The molecular weight excluding hydrogens is 339 g/mol. The molecule has 0 spiro atoms. The van der Waals surface area contributed by atoms with Gasteiger partial charge in [0.05, 0.1) is 18.0 Å². The Hall–Kier alpha value is -1.79. The smallest absolute Gasteiger partial charge is 0.317 e. The molecule has 2 rings (SSSR count). The van der Waals surface area contributed by atoms with Crippen molar-refractivity contribution in [2.75, 3.05) is 13.7 Å². The van der Waals surface area contributed by atoms with E-state index in [-0.39, 0.29) is 18.3 Å². The van der Waals surface area contributed by atoms with Crippen LogP contribution in [0.2, 0.25) is 4.34 Å². The van der Waals surface area contributed by atoms with Crippen molar-refractivity contribution in [3.63, 3.8) is 0 Å². The fraction of sp³-hybridized carbons (Fsp3) is 0.312. The standard InChI is InChI=1S/C16H18ClFN2O2S/c1-3-20(10-12-5-7-15(17)23-12)16(21)19-9-11-4-6-14(22-2)13(18)8-11/h4-8H,3,9-10H2,1-2H3,(H,19,21). The minimum atomic E-state index is -0.445. The molecule has 124 valence electrons. The number of thiophene rings is 1. The van der Waals surface area contributed by atoms with Gasteiger partial charge in [0.2, 0.25) is 0 Å². The number of hydrogen-bond donors (Lipinski definition) is 1. The van der Waals surface area contributed by atoms with Gasteiger partial charge in [0, 0.05) is 18.0 Å². The number of rotatable bonds is 6. The predicted molar refractivity (Wildman–Crippen MR) is 90.6 cm³/mol. The van der Waals surface area contributed by atoms with Crippen LogP contribution in [-0.4, -0.2) is 24.6 Å². The second-order valence-corrected chi connectivity index (χ2v) is 6.65. The lowest BCUT2D eigenvalue weighted by atomic mass is 10.2. The fourth-order valence-electron chi connectivity index (χ4n) is 2.06. The Bertz CT molecular complexity index is 678. The third kappa shape index (κ3) is 4.84. The molecule has 1 heterocycles. The number of amides is 2. The van der Waals surface area contributed by atoms with Crippen molar-refractivity contribution in [1.29, 1.82) is 0 Å². The highest BCUT2D eigenvalue weighted by molar-refractivity contribution is 7.16. The van der Waals surface area contributed by atoms with E-state index in [1.807, 2.05) is 19.1 Å². The molecule has 0 aliphatic heterocycles. The summed E-state index contributed by atoms with van der Waals surface area (Å²) in [5, 5.41) is 2.79. The minimum Gasteiger partial charge on any atom is -0.494 e. The van der Waals surface area contributed by atoms with E-state index in [2.05, 4.69) is 5.32 Å². The number of carbonyl (C=O) groups excluding carboxylic acids is 1. The van der Waals surface area contributed by atoms with Crippen molar-refractivity contribution in [3.8, 4) is 5.75 Å². The van der Waals surface area contributed by atoms with Crippen LogP contribution < -0.4 is 10.1 Å². The van der Waals surface area contributed by atoms with E-state index in [0.717, 1.165) is 4.88 Å². The molecule has 0 atom stereocenters. The van der Waals surface area contributed by atoms with Crippen molar-refractivity contribution >= 4 is 29.0 Å². The van der Waals surface area contributed by atoms with E-state index in [1.54, 1.807) is 17.0 Å². The largest absolute Gasteiger partial charge is 0.494 e. The number of halogens is 2. The Morgan fingerprint density at radius 3 is 2.74 bits per heavy atom. The molecule has 0 unspecified atom stereocenters. The van der Waals surface area contributed by atoms with E-state index >= 15 is 0 Å². The lowest BCUT2D eigenvalue weighted by Crippen LogP contribution is -2.38. The number of methoxy groups -OCH3 is 1. The highest BCUT2D eigenvalue weighted by Crippen LogP contribution is 2.22. The monoisotopic (exact) mass is 356 g/mol. The lowest BCUT2D eigenvalue weighted by Gasteiger charge is -2.20. The van der Waals surface area contributed by atoms with Gasteiger partial charge in [0.25, 0.3) is 0 Å². The van der Waals surface area contributed by atoms with Crippen LogP contribution >= 0.6 is 22.9 Å². The summed E-state index contributed by atoms with van der Waals surface area (Å²) in [5.74, 6) is -0.260.